The van der Waals surface area contributed by atoms with Crippen LogP contribution in [0.25, 0.3) is 17.1 Å². The summed E-state index contributed by atoms with van der Waals surface area (Å²) in [5.74, 6) is -0.219. The van der Waals surface area contributed by atoms with E-state index in [1.807, 2.05) is 60.2 Å². The molecule has 0 saturated heterocycles. The lowest BCUT2D eigenvalue weighted by Crippen LogP contribution is -2.18. The number of hydrogen-bond acceptors (Lipinski definition) is 4. The zero-order chi connectivity index (χ0) is 19.9. The zero-order valence-electron chi connectivity index (χ0n) is 16.1. The fourth-order valence-electron chi connectivity index (χ4n) is 2.64. The van der Waals surface area contributed by atoms with Crippen LogP contribution in [-0.4, -0.2) is 43.6 Å². The monoisotopic (exact) mass is 382 g/mol. The summed E-state index contributed by atoms with van der Waals surface area (Å²) in [4.78, 5) is 11.3. The molecular formula is C21H23FN4O2. The molecule has 0 unspecified atom stereocenters. The normalized spacial score (nSPS) is 11.9. The molecular weight excluding hydrogens is 359 g/mol. The predicted octanol–water partition coefficient (Wildman–Crippen LogP) is 4.03. The van der Waals surface area contributed by atoms with Crippen LogP contribution in [0.15, 0.2) is 65.4 Å². The van der Waals surface area contributed by atoms with Crippen LogP contribution in [-0.2, 0) is 4.84 Å². The maximum Gasteiger partial charge on any atom is 0.165 e. The van der Waals surface area contributed by atoms with Gasteiger partial charge in [-0.05, 0) is 36.4 Å². The van der Waals surface area contributed by atoms with Crippen LogP contribution >= 0.6 is 0 Å². The molecule has 0 amide bonds. The number of halogens is 1. The topological polar surface area (TPSA) is 51.0 Å². The van der Waals surface area contributed by atoms with E-state index in [2.05, 4.69) is 10.5 Å². The minimum absolute atomic E-state index is 0.125. The molecule has 0 spiro atoms. The molecule has 28 heavy (non-hydrogen) atoms. The number of ether oxygens (including phenoxy) is 1. The highest BCUT2D eigenvalue weighted by Gasteiger charge is 2.06. The summed E-state index contributed by atoms with van der Waals surface area (Å²) in [6.45, 7) is 0.125. The van der Waals surface area contributed by atoms with Crippen molar-refractivity contribution < 1.29 is 14.0 Å². The van der Waals surface area contributed by atoms with Crippen molar-refractivity contribution in [3.8, 4) is 5.75 Å². The lowest BCUT2D eigenvalue weighted by atomic mass is 10.2. The molecule has 6 nitrogen and oxygen atoms in total. The van der Waals surface area contributed by atoms with Gasteiger partial charge in [-0.3, -0.25) is 10.3 Å². The van der Waals surface area contributed by atoms with Crippen LogP contribution < -0.4 is 10.2 Å². The Balaban J connectivity index is 1.82. The van der Waals surface area contributed by atoms with Crippen LogP contribution in [0.1, 0.15) is 0 Å². The first-order valence-corrected chi connectivity index (χ1v) is 8.75. The van der Waals surface area contributed by atoms with Gasteiger partial charge < -0.3 is 14.2 Å². The van der Waals surface area contributed by atoms with E-state index in [-0.39, 0.29) is 12.4 Å². The highest BCUT2D eigenvalue weighted by molar-refractivity contribution is 5.85. The Kier molecular flexibility index (Phi) is 6.29. The molecule has 1 N–H and O–H groups in total. The van der Waals surface area contributed by atoms with Crippen molar-refractivity contribution in [3.63, 3.8) is 0 Å². The summed E-state index contributed by atoms with van der Waals surface area (Å²) in [7, 11) is 5.37. The van der Waals surface area contributed by atoms with Crippen molar-refractivity contribution in [3.05, 3.63) is 66.2 Å². The number of fused-ring (bicyclic) bond motifs is 1. The van der Waals surface area contributed by atoms with Gasteiger partial charge in [0.15, 0.2) is 11.6 Å². The molecule has 1 heterocycles. The van der Waals surface area contributed by atoms with Crippen molar-refractivity contribution in [1.29, 1.82) is 0 Å². The summed E-state index contributed by atoms with van der Waals surface area (Å²) < 4.78 is 21.3. The highest BCUT2D eigenvalue weighted by atomic mass is 19.1. The Morgan fingerprint density at radius 2 is 2.04 bits per heavy atom. The SMILES string of the molecule is CONC(=Cn1ccc2cc(N=CN(C)C)ccc21)COc1ccccc1F. The van der Waals surface area contributed by atoms with Crippen LogP contribution in [0.5, 0.6) is 5.75 Å². The smallest absolute Gasteiger partial charge is 0.165 e. The van der Waals surface area contributed by atoms with Crippen molar-refractivity contribution in [2.24, 2.45) is 4.99 Å². The van der Waals surface area contributed by atoms with Crippen molar-refractivity contribution in [2.75, 3.05) is 27.8 Å². The standard InChI is InChI=1S/C21H23FN4O2/c1-25(2)15-23-17-8-9-20-16(12-17)10-11-26(20)13-18(24-27-3)14-28-21-7-5-4-6-19(21)22/h4-13,15,24H,14H2,1-3H3. The van der Waals surface area contributed by atoms with E-state index in [0.717, 1.165) is 16.6 Å². The molecule has 0 fully saturated rings. The van der Waals surface area contributed by atoms with Gasteiger partial charge in [0.05, 0.1) is 30.3 Å². The van der Waals surface area contributed by atoms with Gasteiger partial charge in [0.2, 0.25) is 0 Å². The number of rotatable bonds is 8. The number of hydrogen-bond donors (Lipinski definition) is 1. The summed E-state index contributed by atoms with van der Waals surface area (Å²) in [5.41, 5.74) is 5.30. The summed E-state index contributed by atoms with van der Waals surface area (Å²) >= 11 is 0. The number of nitrogens with one attached hydrogen (secondary N) is 1. The third-order valence-corrected chi connectivity index (χ3v) is 3.89. The number of aromatic nitrogens is 1. The van der Waals surface area contributed by atoms with Gasteiger partial charge in [-0.1, -0.05) is 12.1 Å². The molecule has 0 aliphatic rings. The molecule has 146 valence electrons. The third-order valence-electron chi connectivity index (χ3n) is 3.89. The van der Waals surface area contributed by atoms with E-state index in [4.69, 9.17) is 9.57 Å². The number of aliphatic imine (C=N–C) groups is 1. The number of para-hydroxylation sites is 1. The maximum atomic E-state index is 13.7. The molecule has 3 rings (SSSR count). The predicted molar refractivity (Wildman–Crippen MR) is 110 cm³/mol. The third kappa shape index (κ3) is 4.89. The Morgan fingerprint density at radius 1 is 1.21 bits per heavy atom. The van der Waals surface area contributed by atoms with Crippen molar-refractivity contribution in [2.45, 2.75) is 0 Å². The Labute approximate surface area is 163 Å². The molecule has 0 aliphatic carbocycles. The zero-order valence-corrected chi connectivity index (χ0v) is 16.1. The number of hydroxylamine groups is 1. The molecule has 0 radical (unpaired) electrons. The second kappa shape index (κ2) is 9.05. The fraction of sp³-hybridized carbons (Fsp3) is 0.190. The molecule has 3 aromatic rings. The quantitative estimate of drug-likeness (QED) is 0.363. The van der Waals surface area contributed by atoms with Crippen LogP contribution in [0.2, 0.25) is 0 Å². The number of benzene rings is 2. The van der Waals surface area contributed by atoms with Crippen LogP contribution in [0.3, 0.4) is 0 Å². The second-order valence-corrected chi connectivity index (χ2v) is 6.35. The van der Waals surface area contributed by atoms with E-state index in [0.29, 0.717) is 5.70 Å². The van der Waals surface area contributed by atoms with Gasteiger partial charge in [-0.2, -0.15) is 0 Å². The number of nitrogens with zero attached hydrogens (tertiary/aromatic N) is 3. The minimum atomic E-state index is -0.406. The van der Waals surface area contributed by atoms with Gasteiger partial charge in [0.25, 0.3) is 0 Å². The van der Waals surface area contributed by atoms with Gasteiger partial charge in [-0.15, -0.1) is 0 Å². The Morgan fingerprint density at radius 3 is 2.79 bits per heavy atom. The van der Waals surface area contributed by atoms with Crippen molar-refractivity contribution in [1.82, 2.24) is 14.9 Å². The van der Waals surface area contributed by atoms with Crippen LogP contribution in [0, 0.1) is 5.82 Å². The maximum absolute atomic E-state index is 13.7. The highest BCUT2D eigenvalue weighted by Crippen LogP contribution is 2.23. The van der Waals surface area contributed by atoms with Crippen molar-refractivity contribution >= 4 is 29.1 Å². The second-order valence-electron chi connectivity index (χ2n) is 6.35. The molecule has 0 aliphatic heterocycles. The first kappa shape index (κ1) is 19.4. The van der Waals surface area contributed by atoms with Gasteiger partial charge >= 0.3 is 0 Å². The molecule has 2 aromatic carbocycles. The van der Waals surface area contributed by atoms with Gasteiger partial charge in [0.1, 0.15) is 6.61 Å². The van der Waals surface area contributed by atoms with E-state index in [1.165, 1.54) is 13.2 Å². The summed E-state index contributed by atoms with van der Waals surface area (Å²) in [5, 5.41) is 1.05. The molecule has 1 aromatic heterocycles. The summed E-state index contributed by atoms with van der Waals surface area (Å²) in [6, 6.07) is 14.2. The molecule has 7 heteroatoms. The largest absolute Gasteiger partial charge is 0.484 e. The van der Waals surface area contributed by atoms with E-state index in [9.17, 15) is 4.39 Å². The van der Waals surface area contributed by atoms with E-state index < -0.39 is 5.82 Å². The van der Waals surface area contributed by atoms with Crippen LogP contribution in [0.4, 0.5) is 10.1 Å². The average Bonchev–Trinajstić information content (AvgIpc) is 3.08. The average molecular weight is 382 g/mol. The molecule has 0 saturated carbocycles. The lowest BCUT2D eigenvalue weighted by molar-refractivity contribution is 0.108. The molecule has 0 bridgehead atoms. The van der Waals surface area contributed by atoms with E-state index in [1.54, 1.807) is 24.5 Å². The first-order chi connectivity index (χ1) is 13.6. The Hall–Kier alpha value is -3.32. The first-order valence-electron chi connectivity index (χ1n) is 8.75. The fourth-order valence-corrected chi connectivity index (χ4v) is 2.64. The summed E-state index contributed by atoms with van der Waals surface area (Å²) in [6.07, 6.45) is 5.54. The minimum Gasteiger partial charge on any atom is -0.484 e. The molecule has 0 atom stereocenters. The van der Waals surface area contributed by atoms with Gasteiger partial charge in [-0.25, -0.2) is 9.38 Å². The lowest BCUT2D eigenvalue weighted by Gasteiger charge is -2.12. The van der Waals surface area contributed by atoms with E-state index >= 15 is 0 Å². The van der Waals surface area contributed by atoms with Gasteiger partial charge in [0, 0.05) is 31.9 Å². The Bertz CT molecular complexity index is 995.